The molecule has 0 bridgehead atoms. The number of aryl methyl sites for hydroxylation is 1. The van der Waals surface area contributed by atoms with E-state index in [-0.39, 0.29) is 17.8 Å². The highest BCUT2D eigenvalue weighted by Gasteiger charge is 2.49. The number of nitrogens with two attached hydrogens (primary N) is 2. The summed E-state index contributed by atoms with van der Waals surface area (Å²) in [6, 6.07) is 8.12. The van der Waals surface area contributed by atoms with Crippen molar-refractivity contribution in [3.8, 4) is 23.5 Å². The molecule has 0 saturated carbocycles. The number of ether oxygens (including phenoxy) is 2. The van der Waals surface area contributed by atoms with Crippen LogP contribution in [0, 0.1) is 11.3 Å². The Bertz CT molecular complexity index is 1860. The second kappa shape index (κ2) is 12.3. The van der Waals surface area contributed by atoms with Crippen LogP contribution in [-0.4, -0.2) is 76.6 Å². The van der Waals surface area contributed by atoms with Crippen LogP contribution in [0.4, 0.5) is 11.5 Å². The van der Waals surface area contributed by atoms with Crippen LogP contribution < -0.4 is 21.5 Å². The minimum Gasteiger partial charge on any atom is -0.473 e. The highest BCUT2D eigenvalue weighted by Crippen LogP contribution is 2.54. The van der Waals surface area contributed by atoms with E-state index in [0.717, 1.165) is 73.9 Å². The quantitative estimate of drug-likeness (QED) is 0.184. The topological polar surface area (TPSA) is 191 Å². The van der Waals surface area contributed by atoms with Crippen LogP contribution in [0.5, 0.6) is 5.88 Å². The number of likely N-dealkylation sites (N-methyl/N-ethyl adjacent to an activating group) is 1. The molecule has 13 nitrogen and oxygen atoms in total. The number of rotatable bonds is 8. The van der Waals surface area contributed by atoms with Crippen molar-refractivity contribution < 1.29 is 18.8 Å². The van der Waals surface area contributed by atoms with Gasteiger partial charge < -0.3 is 30.8 Å². The number of benzene rings is 1. The molecule has 2 aliphatic heterocycles. The number of aromatic nitrogens is 3. The van der Waals surface area contributed by atoms with Crippen molar-refractivity contribution in [1.29, 1.82) is 5.26 Å². The molecule has 2 aliphatic carbocycles. The molecule has 2 fully saturated rings. The number of carbonyl (C=O) groups excluding carboxylic acids is 1. The zero-order valence-corrected chi connectivity index (χ0v) is 27.6. The van der Waals surface area contributed by atoms with E-state index in [1.54, 1.807) is 6.07 Å². The number of likely N-dealkylation sites (tertiary alicyclic amines) is 1. The fourth-order valence-electron chi connectivity index (χ4n) is 7.80. The zero-order chi connectivity index (χ0) is 33.6. The number of nitrogens with one attached hydrogen (secondary N) is 1. The van der Waals surface area contributed by atoms with Crippen molar-refractivity contribution in [2.24, 2.45) is 10.7 Å². The van der Waals surface area contributed by atoms with Crippen molar-refractivity contribution in [1.82, 2.24) is 25.3 Å². The van der Waals surface area contributed by atoms with Crippen molar-refractivity contribution in [3.05, 3.63) is 58.0 Å². The lowest BCUT2D eigenvalue weighted by atomic mass is 9.68. The van der Waals surface area contributed by atoms with E-state index in [9.17, 15) is 10.1 Å². The third kappa shape index (κ3) is 5.58. The zero-order valence-electron chi connectivity index (χ0n) is 27.6. The second-order valence-corrected chi connectivity index (χ2v) is 13.8. The van der Waals surface area contributed by atoms with Gasteiger partial charge in [-0.05, 0) is 95.7 Å². The molecular weight excluding hydrogens is 610 g/mol. The van der Waals surface area contributed by atoms with Gasteiger partial charge in [-0.3, -0.25) is 9.69 Å². The Morgan fingerprint density at radius 3 is 2.83 bits per heavy atom. The number of aliphatic imine (C=N–C) groups is 1. The summed E-state index contributed by atoms with van der Waals surface area (Å²) in [5.74, 6) is 1.36. The summed E-state index contributed by atoms with van der Waals surface area (Å²) >= 11 is 0. The highest BCUT2D eigenvalue weighted by molar-refractivity contribution is 5.97. The number of fused-ring (bicyclic) bond motifs is 4. The third-order valence-electron chi connectivity index (χ3n) is 10.3. The van der Waals surface area contributed by atoms with Crippen LogP contribution in [0.1, 0.15) is 74.0 Å². The van der Waals surface area contributed by atoms with E-state index >= 15 is 0 Å². The number of carbonyl (C=O) groups is 1. The van der Waals surface area contributed by atoms with Crippen LogP contribution in [0.25, 0.3) is 11.5 Å². The predicted octanol–water partition coefficient (Wildman–Crippen LogP) is 3.47. The Hall–Kier alpha value is -4.80. The van der Waals surface area contributed by atoms with Crippen molar-refractivity contribution in [3.63, 3.8) is 0 Å². The number of nitrogen functional groups attached to an aromatic ring is 1. The maximum Gasteiger partial charge on any atom is 0.267 e. The van der Waals surface area contributed by atoms with E-state index in [2.05, 4.69) is 33.5 Å². The van der Waals surface area contributed by atoms with E-state index in [1.807, 2.05) is 26.0 Å². The Morgan fingerprint density at radius 1 is 1.27 bits per heavy atom. The molecule has 2 aromatic heterocycles. The number of hydrogen-bond donors (Lipinski definition) is 3. The fourth-order valence-corrected chi connectivity index (χ4v) is 7.80. The normalized spacial score (nSPS) is 23.8. The number of allylic oxidation sites excluding steroid dienone is 1. The Labute approximate surface area is 279 Å². The standard InChI is InChI=1S/C35H41N9O4/c1-20(26-7-5-15-44(26)3)47-28-16-27(39-14-11-25(38)33(45)42-34(2)18-46-19-34)40-32(41-28)30-22-6-4-12-35(31(22)48-43-30)13-10-21-8-9-24(37)23(17-36)29(21)35/h8-9,11,14,16,20,26H,4-7,10,12-13,15,18-19,37-38H2,1-3H3,(H,42,45)/b25-11-,39-14+. The molecule has 3 unspecified atom stereocenters. The molecule has 48 heavy (non-hydrogen) atoms. The molecule has 2 saturated heterocycles. The molecule has 1 spiro atoms. The van der Waals surface area contributed by atoms with Crippen molar-refractivity contribution >= 4 is 23.6 Å². The largest absolute Gasteiger partial charge is 0.473 e. The Morgan fingerprint density at radius 2 is 2.10 bits per heavy atom. The fraction of sp³-hybridized carbons (Fsp3) is 0.486. The van der Waals surface area contributed by atoms with E-state index in [1.165, 1.54) is 12.3 Å². The number of amides is 1. The molecule has 4 aliphatic rings. The minimum atomic E-state index is -0.489. The maximum atomic E-state index is 12.6. The lowest BCUT2D eigenvalue weighted by Crippen LogP contribution is -2.60. The van der Waals surface area contributed by atoms with Gasteiger partial charge in [0.1, 0.15) is 12.2 Å². The second-order valence-electron chi connectivity index (χ2n) is 13.8. The minimum absolute atomic E-state index is 0.0145. The molecule has 7 rings (SSSR count). The summed E-state index contributed by atoms with van der Waals surface area (Å²) in [5.41, 5.74) is 16.0. The molecule has 250 valence electrons. The average molecular weight is 652 g/mol. The average Bonchev–Trinajstić information content (AvgIpc) is 3.78. The van der Waals surface area contributed by atoms with Crippen molar-refractivity contribution in [2.45, 2.75) is 81.9 Å². The molecule has 4 heterocycles. The number of nitrogens with zero attached hydrogens (tertiary/aromatic N) is 6. The van der Waals surface area contributed by atoms with E-state index in [0.29, 0.717) is 47.7 Å². The smallest absolute Gasteiger partial charge is 0.267 e. The molecular formula is C35H41N9O4. The number of anilines is 1. The number of hydrogen-bond acceptors (Lipinski definition) is 12. The van der Waals surface area contributed by atoms with Crippen molar-refractivity contribution in [2.75, 3.05) is 32.5 Å². The van der Waals surface area contributed by atoms with Gasteiger partial charge in [-0.2, -0.15) is 10.2 Å². The van der Waals surface area contributed by atoms with Crippen LogP contribution in [0.15, 0.2) is 39.5 Å². The number of nitriles is 1. The lowest BCUT2D eigenvalue weighted by molar-refractivity contribution is -0.127. The maximum absolute atomic E-state index is 12.6. The van der Waals surface area contributed by atoms with Gasteiger partial charge in [0.15, 0.2) is 23.1 Å². The monoisotopic (exact) mass is 651 g/mol. The van der Waals surface area contributed by atoms with Crippen LogP contribution in [-0.2, 0) is 27.8 Å². The first kappa shape index (κ1) is 31.8. The van der Waals surface area contributed by atoms with Gasteiger partial charge in [0.25, 0.3) is 5.91 Å². The van der Waals surface area contributed by atoms with E-state index < -0.39 is 16.9 Å². The van der Waals surface area contributed by atoms with Gasteiger partial charge >= 0.3 is 0 Å². The first-order valence-corrected chi connectivity index (χ1v) is 16.6. The van der Waals surface area contributed by atoms with Gasteiger partial charge in [0.2, 0.25) is 5.88 Å². The van der Waals surface area contributed by atoms with Crippen LogP contribution in [0.2, 0.25) is 0 Å². The van der Waals surface area contributed by atoms with Gasteiger partial charge in [-0.15, -0.1) is 0 Å². The van der Waals surface area contributed by atoms with Crippen LogP contribution in [0.3, 0.4) is 0 Å². The summed E-state index contributed by atoms with van der Waals surface area (Å²) in [4.78, 5) is 29.0. The van der Waals surface area contributed by atoms with Gasteiger partial charge in [-0.25, -0.2) is 9.98 Å². The van der Waals surface area contributed by atoms with Crippen LogP contribution >= 0.6 is 0 Å². The predicted molar refractivity (Wildman–Crippen MR) is 179 cm³/mol. The van der Waals surface area contributed by atoms with Gasteiger partial charge in [-0.1, -0.05) is 11.2 Å². The SMILES string of the molecule is CC(Oc1cc(/N=C/C=C(\N)C(=O)NC2(C)COC2)nc(-c2noc3c2CCCC32CCc3ccc(N)c(C#N)c32)n1)C1CCCN1C. The summed E-state index contributed by atoms with van der Waals surface area (Å²) in [6.45, 7) is 5.84. The van der Waals surface area contributed by atoms with Gasteiger partial charge in [0.05, 0.1) is 35.4 Å². The summed E-state index contributed by atoms with van der Waals surface area (Å²) in [7, 11) is 2.11. The first-order chi connectivity index (χ1) is 23.1. The highest BCUT2D eigenvalue weighted by atomic mass is 16.5. The molecule has 1 amide bonds. The summed E-state index contributed by atoms with van der Waals surface area (Å²) in [6.07, 6.45) is 8.97. The van der Waals surface area contributed by atoms with E-state index in [4.69, 9.17) is 35.4 Å². The van der Waals surface area contributed by atoms with Gasteiger partial charge in [0, 0.05) is 29.6 Å². The third-order valence-corrected chi connectivity index (χ3v) is 10.3. The Kier molecular flexibility index (Phi) is 8.17. The first-order valence-electron chi connectivity index (χ1n) is 16.6. The molecule has 13 heteroatoms. The molecule has 0 radical (unpaired) electrons. The molecule has 3 aromatic rings. The summed E-state index contributed by atoms with van der Waals surface area (Å²) in [5, 5.41) is 17.5. The Balaban J connectivity index is 1.24. The molecule has 1 aromatic carbocycles. The molecule has 3 atom stereocenters. The molecule has 5 N–H and O–H groups in total. The lowest BCUT2D eigenvalue weighted by Gasteiger charge is -2.38. The summed E-state index contributed by atoms with van der Waals surface area (Å²) < 4.78 is 17.8.